The molecule has 18 heavy (non-hydrogen) atoms. The minimum atomic E-state index is -0.468. The molecule has 1 aromatic carbocycles. The SMILES string of the molecule is Cc1ccc(C(C)Nc2cc(F)c(C)cc2F)o1. The van der Waals surface area contributed by atoms with Gasteiger partial charge in [0, 0.05) is 6.07 Å². The van der Waals surface area contributed by atoms with Crippen molar-refractivity contribution >= 4 is 5.69 Å². The summed E-state index contributed by atoms with van der Waals surface area (Å²) in [4.78, 5) is 0. The lowest BCUT2D eigenvalue weighted by Gasteiger charge is -2.14. The molecule has 0 saturated heterocycles. The summed E-state index contributed by atoms with van der Waals surface area (Å²) in [6.07, 6.45) is 0. The molecule has 1 N–H and O–H groups in total. The molecule has 1 atom stereocenters. The van der Waals surface area contributed by atoms with Gasteiger partial charge in [0.25, 0.3) is 0 Å². The second kappa shape index (κ2) is 4.80. The van der Waals surface area contributed by atoms with E-state index in [1.165, 1.54) is 13.0 Å². The zero-order chi connectivity index (χ0) is 13.3. The summed E-state index contributed by atoms with van der Waals surface area (Å²) in [6, 6.07) is 5.76. The Kier molecular flexibility index (Phi) is 3.36. The first-order valence-electron chi connectivity index (χ1n) is 5.76. The summed E-state index contributed by atoms with van der Waals surface area (Å²) in [6.45, 7) is 5.19. The number of anilines is 1. The molecule has 2 nitrogen and oxygen atoms in total. The summed E-state index contributed by atoms with van der Waals surface area (Å²) < 4.78 is 32.5. The van der Waals surface area contributed by atoms with E-state index in [-0.39, 0.29) is 11.7 Å². The van der Waals surface area contributed by atoms with Crippen LogP contribution in [0.1, 0.15) is 30.0 Å². The van der Waals surface area contributed by atoms with Gasteiger partial charge in [0.15, 0.2) is 0 Å². The number of hydrogen-bond acceptors (Lipinski definition) is 2. The molecule has 0 saturated carbocycles. The van der Waals surface area contributed by atoms with Gasteiger partial charge in [0.05, 0.1) is 11.7 Å². The molecule has 1 unspecified atom stereocenters. The number of furan rings is 1. The minimum absolute atomic E-state index is 0.139. The first-order chi connectivity index (χ1) is 8.47. The Balaban J connectivity index is 2.21. The molecule has 0 aliphatic rings. The van der Waals surface area contributed by atoms with Crippen LogP contribution in [-0.4, -0.2) is 0 Å². The van der Waals surface area contributed by atoms with Crippen LogP contribution in [0.25, 0.3) is 0 Å². The summed E-state index contributed by atoms with van der Waals surface area (Å²) in [5.41, 5.74) is 0.430. The lowest BCUT2D eigenvalue weighted by atomic mass is 10.1. The normalized spacial score (nSPS) is 12.5. The predicted molar refractivity (Wildman–Crippen MR) is 66.6 cm³/mol. The highest BCUT2D eigenvalue weighted by molar-refractivity contribution is 5.48. The van der Waals surface area contributed by atoms with Crippen LogP contribution in [0, 0.1) is 25.5 Å². The van der Waals surface area contributed by atoms with Crippen molar-refractivity contribution in [1.29, 1.82) is 0 Å². The number of benzene rings is 1. The first-order valence-corrected chi connectivity index (χ1v) is 5.76. The van der Waals surface area contributed by atoms with E-state index in [0.29, 0.717) is 11.3 Å². The predicted octanol–water partition coefficient (Wildman–Crippen LogP) is 4.35. The fraction of sp³-hybridized carbons (Fsp3) is 0.286. The Hall–Kier alpha value is -1.84. The number of hydrogen-bond donors (Lipinski definition) is 1. The third-order valence-corrected chi connectivity index (χ3v) is 2.81. The number of rotatable bonds is 3. The molecule has 0 aliphatic carbocycles. The molecule has 1 heterocycles. The topological polar surface area (TPSA) is 25.2 Å². The Morgan fingerprint density at radius 1 is 1.11 bits per heavy atom. The second-order valence-corrected chi connectivity index (χ2v) is 4.40. The average Bonchev–Trinajstić information content (AvgIpc) is 2.73. The first kappa shape index (κ1) is 12.6. The molecule has 96 valence electrons. The van der Waals surface area contributed by atoms with Crippen LogP contribution in [0.3, 0.4) is 0 Å². The fourth-order valence-corrected chi connectivity index (χ4v) is 1.75. The third kappa shape index (κ3) is 2.53. The zero-order valence-corrected chi connectivity index (χ0v) is 10.6. The van der Waals surface area contributed by atoms with Gasteiger partial charge in [0.1, 0.15) is 23.2 Å². The smallest absolute Gasteiger partial charge is 0.146 e. The van der Waals surface area contributed by atoms with Crippen LogP contribution in [0.5, 0.6) is 0 Å². The Morgan fingerprint density at radius 3 is 2.44 bits per heavy atom. The lowest BCUT2D eigenvalue weighted by Crippen LogP contribution is -2.07. The maximum absolute atomic E-state index is 13.7. The highest BCUT2D eigenvalue weighted by Crippen LogP contribution is 2.25. The van der Waals surface area contributed by atoms with Crippen molar-refractivity contribution in [2.24, 2.45) is 0 Å². The van der Waals surface area contributed by atoms with E-state index >= 15 is 0 Å². The molecule has 0 bridgehead atoms. The van der Waals surface area contributed by atoms with Crippen molar-refractivity contribution in [2.45, 2.75) is 26.8 Å². The molecule has 2 aromatic rings. The lowest BCUT2D eigenvalue weighted by molar-refractivity contribution is 0.466. The standard InChI is InChI=1S/C14H15F2NO/c1-8-6-12(16)13(7-11(8)15)17-10(3)14-5-4-9(2)18-14/h4-7,10,17H,1-3H3. The largest absolute Gasteiger partial charge is 0.464 e. The molecular formula is C14H15F2NO. The summed E-state index contributed by atoms with van der Waals surface area (Å²) in [5, 5.41) is 2.90. The van der Waals surface area contributed by atoms with Crippen LogP contribution < -0.4 is 5.32 Å². The molecule has 0 fully saturated rings. The van der Waals surface area contributed by atoms with E-state index in [4.69, 9.17) is 4.42 Å². The van der Waals surface area contributed by atoms with Crippen molar-refractivity contribution < 1.29 is 13.2 Å². The maximum Gasteiger partial charge on any atom is 0.146 e. The monoisotopic (exact) mass is 251 g/mol. The van der Waals surface area contributed by atoms with Gasteiger partial charge >= 0.3 is 0 Å². The number of halogens is 2. The van der Waals surface area contributed by atoms with E-state index in [9.17, 15) is 8.78 Å². The molecule has 0 spiro atoms. The molecule has 4 heteroatoms. The molecule has 0 radical (unpaired) electrons. The Labute approximate surface area is 105 Å². The highest BCUT2D eigenvalue weighted by Gasteiger charge is 2.13. The maximum atomic E-state index is 13.7. The molecule has 2 rings (SSSR count). The van der Waals surface area contributed by atoms with Crippen molar-refractivity contribution in [3.63, 3.8) is 0 Å². The van der Waals surface area contributed by atoms with E-state index in [0.717, 1.165) is 11.8 Å². The van der Waals surface area contributed by atoms with Gasteiger partial charge < -0.3 is 9.73 Å². The molecule has 1 aromatic heterocycles. The number of aryl methyl sites for hydroxylation is 2. The zero-order valence-electron chi connectivity index (χ0n) is 10.6. The van der Waals surface area contributed by atoms with Crippen LogP contribution >= 0.6 is 0 Å². The quantitative estimate of drug-likeness (QED) is 0.877. The molecular weight excluding hydrogens is 236 g/mol. The highest BCUT2D eigenvalue weighted by atomic mass is 19.1. The summed E-state index contributed by atoms with van der Waals surface area (Å²) >= 11 is 0. The van der Waals surface area contributed by atoms with Crippen LogP contribution in [0.2, 0.25) is 0 Å². The van der Waals surface area contributed by atoms with Gasteiger partial charge in [0.2, 0.25) is 0 Å². The fourth-order valence-electron chi connectivity index (χ4n) is 1.75. The van der Waals surface area contributed by atoms with Gasteiger partial charge in [-0.25, -0.2) is 8.78 Å². The van der Waals surface area contributed by atoms with Crippen LogP contribution in [-0.2, 0) is 0 Å². The Bertz CT molecular complexity index is 563. The van der Waals surface area contributed by atoms with E-state index in [1.54, 1.807) is 0 Å². The van der Waals surface area contributed by atoms with E-state index in [1.807, 2.05) is 26.0 Å². The summed E-state index contributed by atoms with van der Waals surface area (Å²) in [7, 11) is 0. The molecule has 0 aliphatic heterocycles. The second-order valence-electron chi connectivity index (χ2n) is 4.40. The molecule has 0 amide bonds. The van der Waals surface area contributed by atoms with Crippen molar-refractivity contribution in [2.75, 3.05) is 5.32 Å². The van der Waals surface area contributed by atoms with E-state index in [2.05, 4.69) is 5.32 Å². The van der Waals surface area contributed by atoms with Crippen molar-refractivity contribution in [3.8, 4) is 0 Å². The number of nitrogens with one attached hydrogen (secondary N) is 1. The van der Waals surface area contributed by atoms with E-state index < -0.39 is 11.6 Å². The average molecular weight is 251 g/mol. The van der Waals surface area contributed by atoms with Gasteiger partial charge in [-0.1, -0.05) is 0 Å². The minimum Gasteiger partial charge on any atom is -0.464 e. The van der Waals surface area contributed by atoms with Crippen molar-refractivity contribution in [3.05, 3.63) is 53.0 Å². The summed E-state index contributed by atoms with van der Waals surface area (Å²) in [5.74, 6) is 0.577. The third-order valence-electron chi connectivity index (χ3n) is 2.81. The van der Waals surface area contributed by atoms with Gasteiger partial charge in [-0.05, 0) is 44.5 Å². The van der Waals surface area contributed by atoms with Crippen molar-refractivity contribution in [1.82, 2.24) is 0 Å². The van der Waals surface area contributed by atoms with Gasteiger partial charge in [-0.15, -0.1) is 0 Å². The van der Waals surface area contributed by atoms with Gasteiger partial charge in [-0.3, -0.25) is 0 Å². The van der Waals surface area contributed by atoms with Gasteiger partial charge in [-0.2, -0.15) is 0 Å². The van der Waals surface area contributed by atoms with Crippen LogP contribution in [0.15, 0.2) is 28.7 Å². The van der Waals surface area contributed by atoms with Crippen LogP contribution in [0.4, 0.5) is 14.5 Å². The Morgan fingerprint density at radius 2 is 1.83 bits per heavy atom.